The van der Waals surface area contributed by atoms with Gasteiger partial charge >= 0.3 is 0 Å². The van der Waals surface area contributed by atoms with Crippen LogP contribution in [0.2, 0.25) is 0 Å². The van der Waals surface area contributed by atoms with Crippen molar-refractivity contribution in [1.29, 1.82) is 0 Å². The van der Waals surface area contributed by atoms with Gasteiger partial charge in [-0.3, -0.25) is 4.98 Å². The Hall–Kier alpha value is -0.370. The summed E-state index contributed by atoms with van der Waals surface area (Å²) in [6.45, 7) is 4.47. The molecule has 20 heavy (non-hydrogen) atoms. The Balaban J connectivity index is 1.80. The number of halogens is 1. The Kier molecular flexibility index (Phi) is 6.54. The van der Waals surface area contributed by atoms with Crippen LogP contribution >= 0.6 is 15.9 Å². The van der Waals surface area contributed by atoms with Crippen molar-refractivity contribution in [2.24, 2.45) is 11.8 Å². The first kappa shape index (κ1) is 16.0. The van der Waals surface area contributed by atoms with Gasteiger partial charge in [-0.2, -0.15) is 0 Å². The summed E-state index contributed by atoms with van der Waals surface area (Å²) in [5.74, 6) is 1.84. The van der Waals surface area contributed by atoms with Crippen LogP contribution in [0.1, 0.15) is 63.1 Å². The van der Waals surface area contributed by atoms with Crippen molar-refractivity contribution < 1.29 is 0 Å². The fourth-order valence-corrected chi connectivity index (χ4v) is 4.25. The molecule has 0 bridgehead atoms. The molecule has 1 aromatic heterocycles. The third-order valence-corrected chi connectivity index (χ3v) is 5.95. The van der Waals surface area contributed by atoms with E-state index in [1.54, 1.807) is 0 Å². The quantitative estimate of drug-likeness (QED) is 0.607. The molecular weight excluding hydrogens is 310 g/mol. The molecule has 2 rings (SSSR count). The van der Waals surface area contributed by atoms with Crippen LogP contribution in [0, 0.1) is 18.8 Å². The molecule has 1 aliphatic rings. The summed E-state index contributed by atoms with van der Waals surface area (Å²) >= 11 is 3.94. The molecule has 1 heterocycles. The Bertz CT molecular complexity index is 396. The third kappa shape index (κ3) is 4.58. The maximum Gasteiger partial charge on any atom is 0.0443 e. The highest BCUT2D eigenvalue weighted by molar-refractivity contribution is 9.09. The van der Waals surface area contributed by atoms with Gasteiger partial charge in [0, 0.05) is 23.1 Å². The van der Waals surface area contributed by atoms with Crippen molar-refractivity contribution >= 4 is 15.9 Å². The fourth-order valence-electron chi connectivity index (χ4n) is 3.41. The summed E-state index contributed by atoms with van der Waals surface area (Å²) in [5.41, 5.74) is 2.59. The Labute approximate surface area is 132 Å². The number of aromatic nitrogens is 1. The van der Waals surface area contributed by atoms with Crippen molar-refractivity contribution in [2.45, 2.75) is 70.0 Å². The average Bonchev–Trinajstić information content (AvgIpc) is 2.48. The molecule has 0 aliphatic heterocycles. The maximum atomic E-state index is 4.54. The van der Waals surface area contributed by atoms with E-state index < -0.39 is 0 Å². The van der Waals surface area contributed by atoms with Crippen LogP contribution in [0.5, 0.6) is 0 Å². The van der Waals surface area contributed by atoms with E-state index in [9.17, 15) is 0 Å². The molecule has 1 fully saturated rings. The smallest absolute Gasteiger partial charge is 0.0443 e. The van der Waals surface area contributed by atoms with Gasteiger partial charge in [0.2, 0.25) is 0 Å². The first-order valence-electron chi connectivity index (χ1n) is 8.25. The summed E-state index contributed by atoms with van der Waals surface area (Å²) in [6, 6.07) is 4.20. The van der Waals surface area contributed by atoms with Crippen molar-refractivity contribution in [3.63, 3.8) is 0 Å². The zero-order chi connectivity index (χ0) is 14.4. The summed E-state index contributed by atoms with van der Waals surface area (Å²) in [5, 5.41) is 0. The van der Waals surface area contributed by atoms with Gasteiger partial charge in [-0.05, 0) is 43.2 Å². The average molecular weight is 338 g/mol. The van der Waals surface area contributed by atoms with Gasteiger partial charge in [-0.1, -0.05) is 61.0 Å². The molecule has 112 valence electrons. The van der Waals surface area contributed by atoms with Crippen molar-refractivity contribution in [3.8, 4) is 0 Å². The minimum absolute atomic E-state index is 0.600. The van der Waals surface area contributed by atoms with E-state index in [2.05, 4.69) is 40.8 Å². The molecule has 2 heteroatoms. The predicted octanol–water partition coefficient (Wildman–Crippen LogP) is 5.69. The molecule has 1 atom stereocenters. The number of unbranched alkanes of at least 4 members (excludes halogenated alkanes) is 1. The molecule has 1 aliphatic carbocycles. The molecule has 0 N–H and O–H groups in total. The highest BCUT2D eigenvalue weighted by Crippen LogP contribution is 2.36. The standard InChI is InChI=1S/C18H28BrN/c1-3-4-7-15-8-10-16(11-9-15)17(19)13-18-14(2)6-5-12-20-18/h5-6,12,15-17H,3-4,7-11,13H2,1-2H3. The lowest BCUT2D eigenvalue weighted by Gasteiger charge is -2.31. The number of hydrogen-bond donors (Lipinski definition) is 0. The fraction of sp³-hybridized carbons (Fsp3) is 0.722. The van der Waals surface area contributed by atoms with E-state index in [-0.39, 0.29) is 0 Å². The van der Waals surface area contributed by atoms with Gasteiger partial charge in [0.15, 0.2) is 0 Å². The van der Waals surface area contributed by atoms with Gasteiger partial charge in [0.25, 0.3) is 0 Å². The summed E-state index contributed by atoms with van der Waals surface area (Å²) in [7, 11) is 0. The molecule has 0 spiro atoms. The second kappa shape index (κ2) is 8.17. The minimum atomic E-state index is 0.600. The van der Waals surface area contributed by atoms with E-state index >= 15 is 0 Å². The topological polar surface area (TPSA) is 12.9 Å². The third-order valence-electron chi connectivity index (χ3n) is 4.88. The van der Waals surface area contributed by atoms with Crippen LogP contribution in [0.15, 0.2) is 18.3 Å². The zero-order valence-corrected chi connectivity index (χ0v) is 14.5. The van der Waals surface area contributed by atoms with Crippen LogP contribution < -0.4 is 0 Å². The van der Waals surface area contributed by atoms with E-state index in [0.29, 0.717) is 4.83 Å². The number of pyridine rings is 1. The van der Waals surface area contributed by atoms with E-state index in [1.807, 2.05) is 12.3 Å². The molecule has 0 aromatic carbocycles. The van der Waals surface area contributed by atoms with Crippen LogP contribution in [0.3, 0.4) is 0 Å². The lowest BCUT2D eigenvalue weighted by Crippen LogP contribution is -2.24. The summed E-state index contributed by atoms with van der Waals surface area (Å²) in [4.78, 5) is 5.14. The summed E-state index contributed by atoms with van der Waals surface area (Å²) in [6.07, 6.45) is 12.9. The zero-order valence-electron chi connectivity index (χ0n) is 12.9. The Morgan fingerprint density at radius 3 is 2.70 bits per heavy atom. The SMILES string of the molecule is CCCCC1CCC(C(Br)Cc2ncccc2C)CC1. The molecule has 0 amide bonds. The first-order chi connectivity index (χ1) is 9.70. The minimum Gasteiger partial charge on any atom is -0.261 e. The molecular formula is C18H28BrN. The molecule has 1 unspecified atom stereocenters. The Morgan fingerprint density at radius 1 is 1.30 bits per heavy atom. The number of alkyl halides is 1. The molecule has 1 nitrogen and oxygen atoms in total. The molecule has 0 saturated heterocycles. The van der Waals surface area contributed by atoms with Crippen molar-refractivity contribution in [2.75, 3.05) is 0 Å². The van der Waals surface area contributed by atoms with Crippen molar-refractivity contribution in [1.82, 2.24) is 4.98 Å². The number of hydrogen-bond acceptors (Lipinski definition) is 1. The number of aryl methyl sites for hydroxylation is 1. The van der Waals surface area contributed by atoms with Crippen LogP contribution in [-0.2, 0) is 6.42 Å². The van der Waals surface area contributed by atoms with E-state index in [4.69, 9.17) is 0 Å². The summed E-state index contributed by atoms with van der Waals surface area (Å²) < 4.78 is 0. The van der Waals surface area contributed by atoms with Gasteiger partial charge in [-0.15, -0.1) is 0 Å². The molecule has 1 saturated carbocycles. The first-order valence-corrected chi connectivity index (χ1v) is 9.16. The van der Waals surface area contributed by atoms with Crippen LogP contribution in [-0.4, -0.2) is 9.81 Å². The van der Waals surface area contributed by atoms with Crippen LogP contribution in [0.4, 0.5) is 0 Å². The monoisotopic (exact) mass is 337 g/mol. The Morgan fingerprint density at radius 2 is 2.05 bits per heavy atom. The predicted molar refractivity (Wildman–Crippen MR) is 90.4 cm³/mol. The normalized spacial score (nSPS) is 24.6. The largest absolute Gasteiger partial charge is 0.261 e. The molecule has 1 aromatic rings. The van der Waals surface area contributed by atoms with Crippen LogP contribution in [0.25, 0.3) is 0 Å². The lowest BCUT2D eigenvalue weighted by atomic mass is 9.78. The molecule has 0 radical (unpaired) electrons. The highest BCUT2D eigenvalue weighted by Gasteiger charge is 2.26. The van der Waals surface area contributed by atoms with E-state index in [1.165, 1.54) is 56.2 Å². The van der Waals surface area contributed by atoms with Gasteiger partial charge in [0.1, 0.15) is 0 Å². The second-order valence-electron chi connectivity index (χ2n) is 6.41. The number of rotatable bonds is 6. The number of nitrogens with zero attached hydrogens (tertiary/aromatic N) is 1. The maximum absolute atomic E-state index is 4.54. The van der Waals surface area contributed by atoms with Crippen molar-refractivity contribution in [3.05, 3.63) is 29.6 Å². The van der Waals surface area contributed by atoms with Gasteiger partial charge in [0.05, 0.1) is 0 Å². The van der Waals surface area contributed by atoms with E-state index in [0.717, 1.165) is 18.3 Å². The van der Waals surface area contributed by atoms with Gasteiger partial charge in [-0.25, -0.2) is 0 Å². The van der Waals surface area contributed by atoms with Gasteiger partial charge < -0.3 is 0 Å². The highest BCUT2D eigenvalue weighted by atomic mass is 79.9. The lowest BCUT2D eigenvalue weighted by molar-refractivity contribution is 0.256. The second-order valence-corrected chi connectivity index (χ2v) is 7.59.